The number of nitrogens with zero attached hydrogens (tertiary/aromatic N) is 1. The lowest BCUT2D eigenvalue weighted by atomic mass is 10.1. The third-order valence-electron chi connectivity index (χ3n) is 3.80. The molecule has 4 nitrogen and oxygen atoms in total. The highest BCUT2D eigenvalue weighted by Crippen LogP contribution is 2.29. The van der Waals surface area contributed by atoms with Gasteiger partial charge in [-0.3, -0.25) is 4.79 Å². The Morgan fingerprint density at radius 1 is 1.04 bits per heavy atom. The van der Waals surface area contributed by atoms with Crippen molar-refractivity contribution in [1.82, 2.24) is 0 Å². The average Bonchev–Trinajstić information content (AvgIpc) is 2.63. The van der Waals surface area contributed by atoms with Gasteiger partial charge in [-0.1, -0.05) is 31.5 Å². The standard InChI is InChI=1S/C20H25NO3/c1-4-6-14-24-18-13-12-16(15-19(18)23-3)20(22)21(5-2)17-10-8-7-9-11-17/h7-13,15H,4-6,14H2,1-3H3. The molecular formula is C20H25NO3. The molecule has 0 aromatic heterocycles. The topological polar surface area (TPSA) is 38.8 Å². The van der Waals surface area contributed by atoms with Crippen LogP contribution in [0.2, 0.25) is 0 Å². The first kappa shape index (κ1) is 17.9. The number of unbranched alkanes of at least 4 members (excludes halogenated alkanes) is 1. The summed E-state index contributed by atoms with van der Waals surface area (Å²) in [5, 5.41) is 0. The van der Waals surface area contributed by atoms with Crippen LogP contribution in [0.15, 0.2) is 48.5 Å². The molecule has 0 saturated heterocycles. The fraction of sp³-hybridized carbons (Fsp3) is 0.350. The van der Waals surface area contributed by atoms with Crippen molar-refractivity contribution in [2.45, 2.75) is 26.7 Å². The number of benzene rings is 2. The van der Waals surface area contributed by atoms with E-state index in [0.29, 0.717) is 30.2 Å². The lowest BCUT2D eigenvalue weighted by Crippen LogP contribution is -2.30. The zero-order valence-electron chi connectivity index (χ0n) is 14.6. The van der Waals surface area contributed by atoms with Crippen LogP contribution in [-0.2, 0) is 0 Å². The van der Waals surface area contributed by atoms with E-state index in [1.165, 1.54) is 0 Å². The monoisotopic (exact) mass is 327 g/mol. The van der Waals surface area contributed by atoms with Crippen molar-refractivity contribution < 1.29 is 14.3 Å². The molecule has 2 aromatic carbocycles. The highest BCUT2D eigenvalue weighted by molar-refractivity contribution is 6.06. The van der Waals surface area contributed by atoms with E-state index in [1.54, 1.807) is 30.2 Å². The van der Waals surface area contributed by atoms with Gasteiger partial charge in [-0.05, 0) is 43.7 Å². The Balaban J connectivity index is 2.22. The van der Waals surface area contributed by atoms with Crippen LogP contribution < -0.4 is 14.4 Å². The lowest BCUT2D eigenvalue weighted by molar-refractivity contribution is 0.0988. The van der Waals surface area contributed by atoms with Crippen molar-refractivity contribution in [3.63, 3.8) is 0 Å². The van der Waals surface area contributed by atoms with Gasteiger partial charge in [0.15, 0.2) is 11.5 Å². The minimum atomic E-state index is -0.0536. The second kappa shape index (κ2) is 8.96. The summed E-state index contributed by atoms with van der Waals surface area (Å²) in [4.78, 5) is 14.6. The van der Waals surface area contributed by atoms with Crippen LogP contribution in [0.5, 0.6) is 11.5 Å². The Morgan fingerprint density at radius 3 is 2.42 bits per heavy atom. The Kier molecular flexibility index (Phi) is 6.67. The van der Waals surface area contributed by atoms with Gasteiger partial charge in [0, 0.05) is 17.8 Å². The van der Waals surface area contributed by atoms with Crippen LogP contribution in [0.3, 0.4) is 0 Å². The minimum absolute atomic E-state index is 0.0536. The van der Waals surface area contributed by atoms with Gasteiger partial charge in [0.2, 0.25) is 0 Å². The fourth-order valence-corrected chi connectivity index (χ4v) is 2.45. The van der Waals surface area contributed by atoms with Gasteiger partial charge in [0.05, 0.1) is 13.7 Å². The van der Waals surface area contributed by atoms with Gasteiger partial charge in [-0.2, -0.15) is 0 Å². The van der Waals surface area contributed by atoms with Gasteiger partial charge in [-0.25, -0.2) is 0 Å². The molecule has 1 amide bonds. The highest BCUT2D eigenvalue weighted by atomic mass is 16.5. The SMILES string of the molecule is CCCCOc1ccc(C(=O)N(CC)c2ccccc2)cc1OC. The maximum Gasteiger partial charge on any atom is 0.258 e. The predicted octanol–water partition coefficient (Wildman–Crippen LogP) is 4.54. The van der Waals surface area contributed by atoms with Gasteiger partial charge < -0.3 is 14.4 Å². The van der Waals surface area contributed by atoms with Gasteiger partial charge >= 0.3 is 0 Å². The smallest absolute Gasteiger partial charge is 0.258 e. The number of anilines is 1. The number of carbonyl (C=O) groups is 1. The summed E-state index contributed by atoms with van der Waals surface area (Å²) < 4.78 is 11.1. The normalized spacial score (nSPS) is 10.3. The van der Waals surface area contributed by atoms with E-state index in [9.17, 15) is 4.79 Å². The van der Waals surface area contributed by atoms with E-state index < -0.39 is 0 Å². The largest absolute Gasteiger partial charge is 0.493 e. The van der Waals surface area contributed by atoms with E-state index in [1.807, 2.05) is 37.3 Å². The summed E-state index contributed by atoms with van der Waals surface area (Å²) in [6, 6.07) is 15.0. The number of rotatable bonds is 8. The molecule has 0 N–H and O–H groups in total. The quantitative estimate of drug-likeness (QED) is 0.668. The minimum Gasteiger partial charge on any atom is -0.493 e. The van der Waals surface area contributed by atoms with E-state index >= 15 is 0 Å². The molecule has 0 unspecified atom stereocenters. The van der Waals surface area contributed by atoms with Crippen molar-refractivity contribution >= 4 is 11.6 Å². The molecule has 0 atom stereocenters. The molecule has 0 radical (unpaired) electrons. The Labute approximate surface area is 144 Å². The van der Waals surface area contributed by atoms with Crippen LogP contribution in [-0.4, -0.2) is 26.2 Å². The van der Waals surface area contributed by atoms with E-state index in [0.717, 1.165) is 18.5 Å². The number of methoxy groups -OCH3 is 1. The molecule has 4 heteroatoms. The molecule has 2 rings (SSSR count). The molecule has 0 bridgehead atoms. The van der Waals surface area contributed by atoms with Crippen molar-refractivity contribution in [1.29, 1.82) is 0 Å². The van der Waals surface area contributed by atoms with Crippen molar-refractivity contribution in [3.05, 3.63) is 54.1 Å². The molecule has 24 heavy (non-hydrogen) atoms. The van der Waals surface area contributed by atoms with Gasteiger partial charge in [0.1, 0.15) is 0 Å². The summed E-state index contributed by atoms with van der Waals surface area (Å²) in [5.41, 5.74) is 1.47. The van der Waals surface area contributed by atoms with Gasteiger partial charge in [-0.15, -0.1) is 0 Å². The summed E-state index contributed by atoms with van der Waals surface area (Å²) in [5.74, 6) is 1.20. The van der Waals surface area contributed by atoms with Crippen molar-refractivity contribution in [2.75, 3.05) is 25.2 Å². The number of ether oxygens (including phenoxy) is 2. The predicted molar refractivity (Wildman–Crippen MR) is 97.2 cm³/mol. The summed E-state index contributed by atoms with van der Waals surface area (Å²) >= 11 is 0. The van der Waals surface area contributed by atoms with E-state index in [-0.39, 0.29) is 5.91 Å². The second-order valence-electron chi connectivity index (χ2n) is 5.45. The molecular weight excluding hydrogens is 302 g/mol. The zero-order valence-corrected chi connectivity index (χ0v) is 14.6. The zero-order chi connectivity index (χ0) is 17.4. The maximum absolute atomic E-state index is 12.8. The van der Waals surface area contributed by atoms with Crippen LogP contribution in [0.4, 0.5) is 5.69 Å². The summed E-state index contributed by atoms with van der Waals surface area (Å²) in [6.45, 7) is 5.32. The Hall–Kier alpha value is -2.49. The van der Waals surface area contributed by atoms with Crippen molar-refractivity contribution in [2.24, 2.45) is 0 Å². The molecule has 0 saturated carbocycles. The number of hydrogen-bond donors (Lipinski definition) is 0. The Morgan fingerprint density at radius 2 is 1.79 bits per heavy atom. The van der Waals surface area contributed by atoms with Crippen LogP contribution in [0.1, 0.15) is 37.0 Å². The number of hydrogen-bond acceptors (Lipinski definition) is 3. The first-order chi connectivity index (χ1) is 11.7. The molecule has 0 spiro atoms. The van der Waals surface area contributed by atoms with E-state index in [4.69, 9.17) is 9.47 Å². The first-order valence-electron chi connectivity index (χ1n) is 8.39. The second-order valence-corrected chi connectivity index (χ2v) is 5.45. The number of para-hydroxylation sites is 1. The van der Waals surface area contributed by atoms with Crippen LogP contribution in [0.25, 0.3) is 0 Å². The average molecular weight is 327 g/mol. The summed E-state index contributed by atoms with van der Waals surface area (Å²) in [6.07, 6.45) is 2.06. The summed E-state index contributed by atoms with van der Waals surface area (Å²) in [7, 11) is 1.59. The molecule has 2 aromatic rings. The maximum atomic E-state index is 12.8. The van der Waals surface area contributed by atoms with Gasteiger partial charge in [0.25, 0.3) is 5.91 Å². The first-order valence-corrected chi connectivity index (χ1v) is 8.39. The molecule has 128 valence electrons. The Bertz CT molecular complexity index is 655. The fourth-order valence-electron chi connectivity index (χ4n) is 2.45. The third-order valence-corrected chi connectivity index (χ3v) is 3.80. The molecule has 0 aliphatic rings. The van der Waals surface area contributed by atoms with Crippen LogP contribution >= 0.6 is 0 Å². The highest BCUT2D eigenvalue weighted by Gasteiger charge is 2.18. The number of carbonyl (C=O) groups excluding carboxylic acids is 1. The lowest BCUT2D eigenvalue weighted by Gasteiger charge is -2.21. The van der Waals surface area contributed by atoms with Crippen molar-refractivity contribution in [3.8, 4) is 11.5 Å². The molecule has 0 aliphatic carbocycles. The third kappa shape index (κ3) is 4.28. The molecule has 0 fully saturated rings. The molecule has 0 aliphatic heterocycles. The van der Waals surface area contributed by atoms with E-state index in [2.05, 4.69) is 6.92 Å². The molecule has 0 heterocycles. The van der Waals surface area contributed by atoms with Crippen LogP contribution in [0, 0.1) is 0 Å². The number of amides is 1.